The summed E-state index contributed by atoms with van der Waals surface area (Å²) < 4.78 is 5.65. The number of para-hydroxylation sites is 1. The van der Waals surface area contributed by atoms with Crippen LogP contribution in [0.15, 0.2) is 54.6 Å². The van der Waals surface area contributed by atoms with Crippen molar-refractivity contribution in [3.05, 3.63) is 54.6 Å². The fourth-order valence-electron chi connectivity index (χ4n) is 1.58. The standard InChI is InChI=1S/C16H18N2O3/c1-16(17,11-19)15(20)18-12-7-9-14(10-8-12)21-13-5-3-2-4-6-13/h2-10,19H,11,17H2,1H3,(H,18,20)/t16-/m0/s1. The van der Waals surface area contributed by atoms with Crippen molar-refractivity contribution < 1.29 is 14.6 Å². The number of hydrogen-bond acceptors (Lipinski definition) is 4. The molecule has 0 radical (unpaired) electrons. The molecule has 2 aromatic carbocycles. The van der Waals surface area contributed by atoms with Crippen LogP contribution >= 0.6 is 0 Å². The summed E-state index contributed by atoms with van der Waals surface area (Å²) in [5.41, 5.74) is 4.93. The van der Waals surface area contributed by atoms with Crippen LogP contribution in [0.1, 0.15) is 6.92 Å². The van der Waals surface area contributed by atoms with Gasteiger partial charge in [-0.25, -0.2) is 0 Å². The number of aliphatic hydroxyl groups is 1. The lowest BCUT2D eigenvalue weighted by Crippen LogP contribution is -2.51. The second kappa shape index (κ2) is 6.39. The Morgan fingerprint density at radius 2 is 1.71 bits per heavy atom. The third-order valence-electron chi connectivity index (χ3n) is 2.94. The van der Waals surface area contributed by atoms with Crippen LogP contribution in [0, 0.1) is 0 Å². The van der Waals surface area contributed by atoms with Crippen molar-refractivity contribution in [3.8, 4) is 11.5 Å². The van der Waals surface area contributed by atoms with Crippen LogP contribution in [0.5, 0.6) is 11.5 Å². The van der Waals surface area contributed by atoms with Crippen LogP contribution in [0.4, 0.5) is 5.69 Å². The van der Waals surface area contributed by atoms with Gasteiger partial charge in [0.05, 0.1) is 6.61 Å². The van der Waals surface area contributed by atoms with Gasteiger partial charge in [0.1, 0.15) is 17.0 Å². The normalized spacial score (nSPS) is 13.3. The fourth-order valence-corrected chi connectivity index (χ4v) is 1.58. The molecule has 0 heterocycles. The van der Waals surface area contributed by atoms with Gasteiger partial charge in [0.2, 0.25) is 5.91 Å². The molecule has 1 amide bonds. The number of nitrogens with one attached hydrogen (secondary N) is 1. The van der Waals surface area contributed by atoms with E-state index in [-0.39, 0.29) is 0 Å². The van der Waals surface area contributed by atoms with Crippen LogP contribution in [0.3, 0.4) is 0 Å². The Balaban J connectivity index is 2.01. The third kappa shape index (κ3) is 4.05. The Hall–Kier alpha value is -2.37. The van der Waals surface area contributed by atoms with Crippen LogP contribution in [-0.2, 0) is 4.79 Å². The van der Waals surface area contributed by atoms with Gasteiger partial charge in [-0.2, -0.15) is 0 Å². The molecule has 0 saturated carbocycles. The predicted molar refractivity (Wildman–Crippen MR) is 81.3 cm³/mol. The van der Waals surface area contributed by atoms with E-state index in [9.17, 15) is 4.79 Å². The van der Waals surface area contributed by atoms with E-state index in [1.54, 1.807) is 24.3 Å². The molecule has 4 N–H and O–H groups in total. The van der Waals surface area contributed by atoms with Gasteiger partial charge >= 0.3 is 0 Å². The van der Waals surface area contributed by atoms with Gasteiger partial charge in [-0.3, -0.25) is 4.79 Å². The van der Waals surface area contributed by atoms with Gasteiger partial charge in [-0.05, 0) is 43.3 Å². The molecule has 21 heavy (non-hydrogen) atoms. The van der Waals surface area contributed by atoms with Crippen LogP contribution in [0.25, 0.3) is 0 Å². The van der Waals surface area contributed by atoms with Gasteiger partial charge in [0, 0.05) is 5.69 Å². The summed E-state index contributed by atoms with van der Waals surface area (Å²) in [6.45, 7) is 1.04. The number of hydrogen-bond donors (Lipinski definition) is 3. The van der Waals surface area contributed by atoms with Crippen molar-refractivity contribution in [2.75, 3.05) is 11.9 Å². The molecule has 0 aliphatic carbocycles. The van der Waals surface area contributed by atoms with Crippen molar-refractivity contribution in [1.82, 2.24) is 0 Å². The summed E-state index contributed by atoms with van der Waals surface area (Å²) in [7, 11) is 0. The highest BCUT2D eigenvalue weighted by Crippen LogP contribution is 2.22. The molecular weight excluding hydrogens is 268 g/mol. The Kier molecular flexibility index (Phi) is 4.57. The van der Waals surface area contributed by atoms with Gasteiger partial charge < -0.3 is 20.9 Å². The number of aliphatic hydroxyl groups excluding tert-OH is 1. The molecule has 0 aromatic heterocycles. The van der Waals surface area contributed by atoms with E-state index in [1.807, 2.05) is 30.3 Å². The quantitative estimate of drug-likeness (QED) is 0.786. The summed E-state index contributed by atoms with van der Waals surface area (Å²) in [5, 5.41) is 11.7. The average Bonchev–Trinajstić information content (AvgIpc) is 2.50. The Morgan fingerprint density at radius 1 is 1.14 bits per heavy atom. The average molecular weight is 286 g/mol. The Bertz CT molecular complexity index is 595. The minimum Gasteiger partial charge on any atom is -0.457 e. The van der Waals surface area contributed by atoms with E-state index >= 15 is 0 Å². The topological polar surface area (TPSA) is 84.6 Å². The Morgan fingerprint density at radius 3 is 2.29 bits per heavy atom. The summed E-state index contributed by atoms with van der Waals surface area (Å²) in [6.07, 6.45) is 0. The molecule has 0 bridgehead atoms. The van der Waals surface area contributed by atoms with Crippen LogP contribution < -0.4 is 15.8 Å². The summed E-state index contributed by atoms with van der Waals surface area (Å²) in [6, 6.07) is 16.3. The van der Waals surface area contributed by atoms with Gasteiger partial charge in [-0.15, -0.1) is 0 Å². The minimum atomic E-state index is -1.31. The summed E-state index contributed by atoms with van der Waals surface area (Å²) in [5.74, 6) is 0.961. The summed E-state index contributed by atoms with van der Waals surface area (Å²) >= 11 is 0. The molecule has 1 atom stereocenters. The molecule has 5 nitrogen and oxygen atoms in total. The van der Waals surface area contributed by atoms with Crippen LogP contribution in [0.2, 0.25) is 0 Å². The molecule has 0 unspecified atom stereocenters. The highest BCUT2D eigenvalue weighted by atomic mass is 16.5. The molecule has 0 aliphatic rings. The molecule has 5 heteroatoms. The minimum absolute atomic E-state index is 0.423. The first-order valence-corrected chi connectivity index (χ1v) is 6.55. The fraction of sp³-hybridized carbons (Fsp3) is 0.188. The first-order valence-electron chi connectivity index (χ1n) is 6.55. The monoisotopic (exact) mass is 286 g/mol. The number of amides is 1. The largest absolute Gasteiger partial charge is 0.457 e. The number of benzene rings is 2. The molecule has 0 spiro atoms. The second-order valence-corrected chi connectivity index (χ2v) is 4.97. The molecule has 0 aliphatic heterocycles. The van der Waals surface area contributed by atoms with E-state index in [1.165, 1.54) is 6.92 Å². The maximum Gasteiger partial charge on any atom is 0.246 e. The SMILES string of the molecule is C[C@](N)(CO)C(=O)Nc1ccc(Oc2ccccc2)cc1. The van der Waals surface area contributed by atoms with Crippen LogP contribution in [-0.4, -0.2) is 23.2 Å². The maximum absolute atomic E-state index is 11.8. The zero-order valence-corrected chi connectivity index (χ0v) is 11.7. The van der Waals surface area contributed by atoms with Crippen molar-refractivity contribution in [1.29, 1.82) is 0 Å². The smallest absolute Gasteiger partial charge is 0.246 e. The maximum atomic E-state index is 11.8. The lowest BCUT2D eigenvalue weighted by atomic mass is 10.0. The van der Waals surface area contributed by atoms with Crippen molar-refractivity contribution in [2.24, 2.45) is 5.73 Å². The molecular formula is C16H18N2O3. The highest BCUT2D eigenvalue weighted by Gasteiger charge is 2.27. The number of rotatable bonds is 5. The molecule has 2 aromatic rings. The number of carbonyl (C=O) groups is 1. The lowest BCUT2D eigenvalue weighted by molar-refractivity contribution is -0.121. The first kappa shape index (κ1) is 15.0. The van der Waals surface area contributed by atoms with Gasteiger partial charge in [-0.1, -0.05) is 18.2 Å². The van der Waals surface area contributed by atoms with E-state index in [0.717, 1.165) is 5.75 Å². The molecule has 0 fully saturated rings. The Labute approximate surface area is 123 Å². The van der Waals surface area contributed by atoms with E-state index in [4.69, 9.17) is 15.6 Å². The van der Waals surface area contributed by atoms with Gasteiger partial charge in [0.15, 0.2) is 0 Å². The second-order valence-electron chi connectivity index (χ2n) is 4.97. The van der Waals surface area contributed by atoms with Crippen molar-refractivity contribution in [2.45, 2.75) is 12.5 Å². The van der Waals surface area contributed by atoms with Crippen molar-refractivity contribution >= 4 is 11.6 Å². The zero-order chi connectivity index (χ0) is 15.3. The van der Waals surface area contributed by atoms with E-state index < -0.39 is 18.1 Å². The molecule has 2 rings (SSSR count). The molecule has 110 valence electrons. The lowest BCUT2D eigenvalue weighted by Gasteiger charge is -2.20. The van der Waals surface area contributed by atoms with E-state index in [0.29, 0.717) is 11.4 Å². The number of anilines is 1. The third-order valence-corrected chi connectivity index (χ3v) is 2.94. The number of carbonyl (C=O) groups excluding carboxylic acids is 1. The number of nitrogens with two attached hydrogens (primary N) is 1. The summed E-state index contributed by atoms with van der Waals surface area (Å²) in [4.78, 5) is 11.8. The first-order chi connectivity index (χ1) is 10.0. The highest BCUT2D eigenvalue weighted by molar-refractivity contribution is 5.97. The molecule has 0 saturated heterocycles. The number of ether oxygens (including phenoxy) is 1. The van der Waals surface area contributed by atoms with Gasteiger partial charge in [0.25, 0.3) is 0 Å². The zero-order valence-electron chi connectivity index (χ0n) is 11.7. The van der Waals surface area contributed by atoms with Crippen molar-refractivity contribution in [3.63, 3.8) is 0 Å². The predicted octanol–water partition coefficient (Wildman–Crippen LogP) is 2.13. The van der Waals surface area contributed by atoms with E-state index in [2.05, 4.69) is 5.32 Å².